The van der Waals surface area contributed by atoms with Gasteiger partial charge in [-0.2, -0.15) is 3.97 Å². The second kappa shape index (κ2) is 9.00. The molecule has 3 rings (SSSR count). The zero-order valence-corrected chi connectivity index (χ0v) is 17.8. The number of benzene rings is 2. The van der Waals surface area contributed by atoms with Crippen molar-refractivity contribution in [3.05, 3.63) is 82.5 Å². The summed E-state index contributed by atoms with van der Waals surface area (Å²) in [4.78, 5) is 36.5. The molecule has 10 heteroatoms. The highest BCUT2D eigenvalue weighted by Crippen LogP contribution is 2.13. The molecule has 0 fully saturated rings. The van der Waals surface area contributed by atoms with Crippen LogP contribution in [0.2, 0.25) is 0 Å². The van der Waals surface area contributed by atoms with Gasteiger partial charge in [-0.15, -0.1) is 0 Å². The van der Waals surface area contributed by atoms with Gasteiger partial charge >= 0.3 is 11.7 Å². The molecule has 31 heavy (non-hydrogen) atoms. The van der Waals surface area contributed by atoms with E-state index in [-0.39, 0.29) is 18.0 Å². The lowest BCUT2D eigenvalue weighted by molar-refractivity contribution is -0.116. The fourth-order valence-corrected chi connectivity index (χ4v) is 4.01. The Labute approximate surface area is 178 Å². The van der Waals surface area contributed by atoms with Gasteiger partial charge in [0.2, 0.25) is 5.91 Å². The number of hydrogen-bond acceptors (Lipinski definition) is 6. The van der Waals surface area contributed by atoms with Gasteiger partial charge < -0.3 is 10.1 Å². The van der Waals surface area contributed by atoms with E-state index in [2.05, 4.69) is 5.32 Å². The van der Waals surface area contributed by atoms with Gasteiger partial charge in [0.25, 0.3) is 10.0 Å². The van der Waals surface area contributed by atoms with Gasteiger partial charge in [0.05, 0.1) is 17.1 Å². The third-order valence-electron chi connectivity index (χ3n) is 4.39. The molecule has 0 saturated carbocycles. The molecule has 0 aliphatic carbocycles. The van der Waals surface area contributed by atoms with Crippen molar-refractivity contribution in [3.8, 4) is 0 Å². The Morgan fingerprint density at radius 3 is 2.26 bits per heavy atom. The van der Waals surface area contributed by atoms with E-state index < -0.39 is 27.6 Å². The number of imidazole rings is 1. The molecule has 0 radical (unpaired) electrons. The summed E-state index contributed by atoms with van der Waals surface area (Å²) < 4.78 is 31.9. The Hall–Kier alpha value is -3.66. The zero-order valence-electron chi connectivity index (χ0n) is 16.9. The molecule has 3 aromatic rings. The molecule has 1 heterocycles. The number of esters is 1. The number of amides is 1. The maximum Gasteiger partial charge on any atom is 0.342 e. The lowest BCUT2D eigenvalue weighted by Gasteiger charge is -2.07. The Bertz CT molecular complexity index is 1260. The van der Waals surface area contributed by atoms with E-state index in [4.69, 9.17) is 4.74 Å². The fourth-order valence-electron chi connectivity index (χ4n) is 2.78. The van der Waals surface area contributed by atoms with Crippen LogP contribution in [0.25, 0.3) is 0 Å². The first-order chi connectivity index (χ1) is 14.7. The van der Waals surface area contributed by atoms with E-state index in [1.165, 1.54) is 42.6 Å². The van der Waals surface area contributed by atoms with Crippen molar-refractivity contribution < 1.29 is 22.7 Å². The lowest BCUT2D eigenvalue weighted by Crippen LogP contribution is -2.32. The number of rotatable bonds is 7. The number of ether oxygens (including phenoxy) is 1. The second-order valence-corrected chi connectivity index (χ2v) is 8.48. The van der Waals surface area contributed by atoms with E-state index in [1.54, 1.807) is 19.1 Å². The summed E-state index contributed by atoms with van der Waals surface area (Å²) in [5, 5.41) is 2.59. The maximum atomic E-state index is 12.7. The minimum absolute atomic E-state index is 0.0240. The molecule has 1 N–H and O–H groups in total. The number of nitrogens with one attached hydrogen (secondary N) is 1. The molecule has 0 unspecified atom stereocenters. The van der Waals surface area contributed by atoms with Gasteiger partial charge in [0.15, 0.2) is 0 Å². The molecule has 9 nitrogen and oxygen atoms in total. The lowest BCUT2D eigenvalue weighted by atomic mass is 10.2. The highest BCUT2D eigenvalue weighted by molar-refractivity contribution is 7.90. The molecule has 2 aromatic carbocycles. The minimum Gasteiger partial charge on any atom is -0.462 e. The van der Waals surface area contributed by atoms with Gasteiger partial charge in [-0.25, -0.2) is 18.0 Å². The van der Waals surface area contributed by atoms with Gasteiger partial charge in [-0.3, -0.25) is 9.36 Å². The van der Waals surface area contributed by atoms with E-state index in [0.29, 0.717) is 15.2 Å². The fraction of sp³-hybridized carbons (Fsp3) is 0.190. The Balaban J connectivity index is 1.72. The highest BCUT2D eigenvalue weighted by atomic mass is 32.2. The van der Waals surface area contributed by atoms with Gasteiger partial charge in [0.1, 0.15) is 6.54 Å². The summed E-state index contributed by atoms with van der Waals surface area (Å²) in [5.41, 5.74) is 0.788. The monoisotopic (exact) mass is 443 g/mol. The smallest absolute Gasteiger partial charge is 0.342 e. The number of carbonyl (C=O) groups excluding carboxylic acids is 2. The van der Waals surface area contributed by atoms with Gasteiger partial charge in [-0.1, -0.05) is 17.7 Å². The quantitative estimate of drug-likeness (QED) is 0.559. The van der Waals surface area contributed by atoms with Crippen LogP contribution in [0.3, 0.4) is 0 Å². The van der Waals surface area contributed by atoms with Crippen molar-refractivity contribution in [2.45, 2.75) is 25.3 Å². The molecular weight excluding hydrogens is 422 g/mol. The van der Waals surface area contributed by atoms with Crippen molar-refractivity contribution in [1.29, 1.82) is 0 Å². The van der Waals surface area contributed by atoms with E-state index in [9.17, 15) is 22.8 Å². The molecule has 0 bridgehead atoms. The third-order valence-corrected chi connectivity index (χ3v) is 6.05. The maximum absolute atomic E-state index is 12.7. The molecule has 0 aliphatic rings. The van der Waals surface area contributed by atoms with Crippen molar-refractivity contribution in [1.82, 2.24) is 8.54 Å². The average molecular weight is 443 g/mol. The Morgan fingerprint density at radius 1 is 1.00 bits per heavy atom. The number of hydrogen-bond donors (Lipinski definition) is 1. The predicted octanol–water partition coefficient (Wildman–Crippen LogP) is 2.01. The first-order valence-corrected chi connectivity index (χ1v) is 10.8. The molecular formula is C21H21N3O6S. The Kier molecular flexibility index (Phi) is 6.40. The third kappa shape index (κ3) is 4.92. The van der Waals surface area contributed by atoms with E-state index >= 15 is 0 Å². The van der Waals surface area contributed by atoms with Crippen molar-refractivity contribution in [2.24, 2.45) is 0 Å². The van der Waals surface area contributed by atoms with Gasteiger partial charge in [0, 0.05) is 18.1 Å². The summed E-state index contributed by atoms with van der Waals surface area (Å²) in [6, 6.07) is 12.2. The summed E-state index contributed by atoms with van der Waals surface area (Å²) in [6.07, 6.45) is 2.34. The van der Waals surface area contributed by atoms with Crippen LogP contribution in [-0.4, -0.2) is 35.4 Å². The van der Waals surface area contributed by atoms with Crippen LogP contribution in [-0.2, 0) is 26.1 Å². The van der Waals surface area contributed by atoms with Crippen molar-refractivity contribution >= 4 is 27.6 Å². The van der Waals surface area contributed by atoms with Crippen LogP contribution in [0.4, 0.5) is 5.69 Å². The summed E-state index contributed by atoms with van der Waals surface area (Å²) in [5.74, 6) is -1.00. The molecule has 0 spiro atoms. The number of aromatic nitrogens is 2. The molecule has 0 aliphatic heterocycles. The van der Waals surface area contributed by atoms with Crippen LogP contribution >= 0.6 is 0 Å². The van der Waals surface area contributed by atoms with Crippen LogP contribution < -0.4 is 11.0 Å². The molecule has 1 amide bonds. The number of nitrogens with zero attached hydrogens (tertiary/aromatic N) is 2. The molecule has 162 valence electrons. The largest absolute Gasteiger partial charge is 0.462 e. The summed E-state index contributed by atoms with van der Waals surface area (Å²) in [6.45, 7) is 3.40. The second-order valence-electron chi connectivity index (χ2n) is 6.67. The van der Waals surface area contributed by atoms with Crippen LogP contribution in [0.1, 0.15) is 22.8 Å². The SMILES string of the molecule is CCOC(=O)c1ccc(NC(=O)Cn2ccn(S(=O)(=O)c3ccc(C)cc3)c2=O)cc1. The van der Waals surface area contributed by atoms with Crippen molar-refractivity contribution in [3.63, 3.8) is 0 Å². The zero-order chi connectivity index (χ0) is 22.6. The average Bonchev–Trinajstić information content (AvgIpc) is 3.10. The van der Waals surface area contributed by atoms with Gasteiger partial charge in [-0.05, 0) is 50.2 Å². The highest BCUT2D eigenvalue weighted by Gasteiger charge is 2.21. The first kappa shape index (κ1) is 22.0. The number of carbonyl (C=O) groups is 2. The van der Waals surface area contributed by atoms with Crippen LogP contribution in [0.5, 0.6) is 0 Å². The molecule has 1 aromatic heterocycles. The number of anilines is 1. The minimum atomic E-state index is -4.07. The van der Waals surface area contributed by atoms with Crippen molar-refractivity contribution in [2.75, 3.05) is 11.9 Å². The number of aryl methyl sites for hydroxylation is 1. The van der Waals surface area contributed by atoms with E-state index in [1.807, 2.05) is 6.92 Å². The Morgan fingerprint density at radius 2 is 1.65 bits per heavy atom. The topological polar surface area (TPSA) is 116 Å². The van der Waals surface area contributed by atoms with Crippen LogP contribution in [0, 0.1) is 6.92 Å². The molecule has 0 atom stereocenters. The summed E-state index contributed by atoms with van der Waals surface area (Å²) >= 11 is 0. The van der Waals surface area contributed by atoms with E-state index in [0.717, 1.165) is 16.3 Å². The molecule has 0 saturated heterocycles. The predicted molar refractivity (Wildman–Crippen MR) is 113 cm³/mol. The normalized spacial score (nSPS) is 11.2. The standard InChI is InChI=1S/C21H21N3O6S/c1-3-30-20(26)16-6-8-17(9-7-16)22-19(25)14-23-12-13-24(21(23)27)31(28,29)18-10-4-15(2)5-11-18/h4-13H,3,14H2,1-2H3,(H,22,25). The van der Waals surface area contributed by atoms with Crippen LogP contribution in [0.15, 0.2) is 70.6 Å². The first-order valence-electron chi connectivity index (χ1n) is 9.39. The summed E-state index contributed by atoms with van der Waals surface area (Å²) in [7, 11) is -4.07.